The minimum absolute atomic E-state index is 0.389. The standard InChI is InChI=1S/C11H13NO2/c1-6-5-7(2)12-10(8-3-4-8)9(6)11(13)14/h5,8H,3-4H2,1-2H3,(H,13,14). The van der Waals surface area contributed by atoms with Crippen LogP contribution in [0, 0.1) is 13.8 Å². The van der Waals surface area contributed by atoms with E-state index in [9.17, 15) is 4.79 Å². The lowest BCUT2D eigenvalue weighted by Gasteiger charge is -2.08. The summed E-state index contributed by atoms with van der Waals surface area (Å²) in [6.07, 6.45) is 2.16. The average molecular weight is 191 g/mol. The fraction of sp³-hybridized carbons (Fsp3) is 0.455. The van der Waals surface area contributed by atoms with Crippen molar-refractivity contribution < 1.29 is 9.90 Å². The van der Waals surface area contributed by atoms with Crippen LogP contribution in [0.5, 0.6) is 0 Å². The minimum Gasteiger partial charge on any atom is -0.478 e. The number of hydrogen-bond donors (Lipinski definition) is 1. The lowest BCUT2D eigenvalue weighted by molar-refractivity contribution is 0.0694. The molecule has 1 saturated carbocycles. The van der Waals surface area contributed by atoms with Gasteiger partial charge in [0, 0.05) is 11.6 Å². The molecule has 0 atom stereocenters. The maximum atomic E-state index is 11.0. The lowest BCUT2D eigenvalue weighted by Crippen LogP contribution is -2.07. The molecule has 0 unspecified atom stereocenters. The van der Waals surface area contributed by atoms with Crippen LogP contribution in [0.3, 0.4) is 0 Å². The molecule has 0 spiro atoms. The van der Waals surface area contributed by atoms with Gasteiger partial charge >= 0.3 is 5.97 Å². The van der Waals surface area contributed by atoms with E-state index in [1.54, 1.807) is 0 Å². The first-order valence-electron chi connectivity index (χ1n) is 4.81. The topological polar surface area (TPSA) is 50.2 Å². The zero-order valence-electron chi connectivity index (χ0n) is 8.37. The largest absolute Gasteiger partial charge is 0.478 e. The number of carboxylic acids is 1. The smallest absolute Gasteiger partial charge is 0.337 e. The Morgan fingerprint density at radius 1 is 1.50 bits per heavy atom. The van der Waals surface area contributed by atoms with Crippen molar-refractivity contribution in [1.29, 1.82) is 0 Å². The number of carbonyl (C=O) groups is 1. The monoisotopic (exact) mass is 191 g/mol. The number of hydrogen-bond acceptors (Lipinski definition) is 2. The van der Waals surface area contributed by atoms with Gasteiger partial charge in [-0.3, -0.25) is 4.98 Å². The maximum absolute atomic E-state index is 11.0. The summed E-state index contributed by atoms with van der Waals surface area (Å²) < 4.78 is 0. The van der Waals surface area contributed by atoms with Crippen LogP contribution < -0.4 is 0 Å². The molecule has 1 aliphatic carbocycles. The Bertz CT molecular complexity index is 395. The highest BCUT2D eigenvalue weighted by molar-refractivity contribution is 5.91. The molecule has 0 aromatic carbocycles. The van der Waals surface area contributed by atoms with E-state index >= 15 is 0 Å². The van der Waals surface area contributed by atoms with E-state index in [2.05, 4.69) is 4.98 Å². The zero-order chi connectivity index (χ0) is 10.3. The number of nitrogens with zero attached hydrogens (tertiary/aromatic N) is 1. The number of carboxylic acid groups (broad SMARTS) is 1. The summed E-state index contributed by atoms with van der Waals surface area (Å²) in [6.45, 7) is 3.74. The summed E-state index contributed by atoms with van der Waals surface area (Å²) in [7, 11) is 0. The van der Waals surface area contributed by atoms with Gasteiger partial charge in [0.15, 0.2) is 0 Å². The van der Waals surface area contributed by atoms with Crippen molar-refractivity contribution in [2.45, 2.75) is 32.6 Å². The molecule has 2 rings (SSSR count). The average Bonchev–Trinajstić information content (AvgIpc) is 2.82. The van der Waals surface area contributed by atoms with E-state index in [0.29, 0.717) is 11.5 Å². The van der Waals surface area contributed by atoms with E-state index in [0.717, 1.165) is 29.8 Å². The number of aromatic carboxylic acids is 1. The van der Waals surface area contributed by atoms with Crippen LogP contribution in [0.25, 0.3) is 0 Å². The summed E-state index contributed by atoms with van der Waals surface area (Å²) >= 11 is 0. The van der Waals surface area contributed by atoms with Gasteiger partial charge in [0.1, 0.15) is 0 Å². The van der Waals surface area contributed by atoms with Gasteiger partial charge in [0.05, 0.1) is 11.3 Å². The maximum Gasteiger partial charge on any atom is 0.337 e. The highest BCUT2D eigenvalue weighted by Gasteiger charge is 2.30. The van der Waals surface area contributed by atoms with E-state index in [1.807, 2.05) is 19.9 Å². The van der Waals surface area contributed by atoms with Crippen LogP contribution in [-0.2, 0) is 0 Å². The second-order valence-electron chi connectivity index (χ2n) is 3.92. The molecule has 0 amide bonds. The van der Waals surface area contributed by atoms with Crippen LogP contribution in [0.2, 0.25) is 0 Å². The summed E-state index contributed by atoms with van der Waals surface area (Å²) in [5.41, 5.74) is 2.94. The fourth-order valence-electron chi connectivity index (χ4n) is 1.80. The molecule has 74 valence electrons. The first-order valence-corrected chi connectivity index (χ1v) is 4.81. The molecule has 1 aromatic heterocycles. The highest BCUT2D eigenvalue weighted by Crippen LogP contribution is 2.41. The van der Waals surface area contributed by atoms with Crippen LogP contribution in [0.15, 0.2) is 6.07 Å². The van der Waals surface area contributed by atoms with Crippen LogP contribution >= 0.6 is 0 Å². The van der Waals surface area contributed by atoms with Crippen LogP contribution in [0.4, 0.5) is 0 Å². The molecule has 3 nitrogen and oxygen atoms in total. The lowest BCUT2D eigenvalue weighted by atomic mass is 10.0. The van der Waals surface area contributed by atoms with Gasteiger partial charge in [-0.1, -0.05) is 0 Å². The summed E-state index contributed by atoms with van der Waals surface area (Å²) in [5, 5.41) is 9.07. The van der Waals surface area contributed by atoms with Gasteiger partial charge < -0.3 is 5.11 Å². The van der Waals surface area contributed by atoms with E-state index in [-0.39, 0.29) is 0 Å². The van der Waals surface area contributed by atoms with Crippen LogP contribution in [0.1, 0.15) is 46.1 Å². The van der Waals surface area contributed by atoms with Crippen molar-refractivity contribution in [1.82, 2.24) is 4.98 Å². The Hall–Kier alpha value is -1.38. The van der Waals surface area contributed by atoms with E-state index < -0.39 is 5.97 Å². The predicted molar refractivity (Wildman–Crippen MR) is 52.6 cm³/mol. The van der Waals surface area contributed by atoms with Crippen molar-refractivity contribution in [3.8, 4) is 0 Å². The predicted octanol–water partition coefficient (Wildman–Crippen LogP) is 2.27. The molecule has 1 aromatic rings. The Balaban J connectivity index is 2.58. The summed E-state index contributed by atoms with van der Waals surface area (Å²) in [4.78, 5) is 15.4. The Morgan fingerprint density at radius 3 is 2.64 bits per heavy atom. The molecule has 1 heterocycles. The van der Waals surface area contributed by atoms with Crippen LogP contribution in [-0.4, -0.2) is 16.1 Å². The van der Waals surface area contributed by atoms with Gasteiger partial charge in [-0.05, 0) is 38.3 Å². The van der Waals surface area contributed by atoms with E-state index in [1.165, 1.54) is 0 Å². The van der Waals surface area contributed by atoms with Gasteiger partial charge in [0.25, 0.3) is 0 Å². The molecule has 0 saturated heterocycles. The zero-order valence-corrected chi connectivity index (χ0v) is 8.37. The number of aryl methyl sites for hydroxylation is 2. The Kier molecular flexibility index (Phi) is 2.02. The van der Waals surface area contributed by atoms with Gasteiger partial charge in [0.2, 0.25) is 0 Å². The highest BCUT2D eigenvalue weighted by atomic mass is 16.4. The number of rotatable bonds is 2. The van der Waals surface area contributed by atoms with Gasteiger partial charge in [-0.25, -0.2) is 4.79 Å². The molecule has 0 aliphatic heterocycles. The minimum atomic E-state index is -0.850. The molecule has 14 heavy (non-hydrogen) atoms. The van der Waals surface area contributed by atoms with Crippen molar-refractivity contribution in [3.05, 3.63) is 28.6 Å². The second kappa shape index (κ2) is 3.08. The van der Waals surface area contributed by atoms with Crippen molar-refractivity contribution >= 4 is 5.97 Å². The first kappa shape index (κ1) is 9.19. The molecule has 0 bridgehead atoms. The van der Waals surface area contributed by atoms with Gasteiger partial charge in [-0.2, -0.15) is 0 Å². The molecular weight excluding hydrogens is 178 g/mol. The normalized spacial score (nSPS) is 15.6. The van der Waals surface area contributed by atoms with Crippen molar-refractivity contribution in [2.75, 3.05) is 0 Å². The second-order valence-corrected chi connectivity index (χ2v) is 3.92. The Labute approximate surface area is 82.8 Å². The Morgan fingerprint density at radius 2 is 2.14 bits per heavy atom. The van der Waals surface area contributed by atoms with Gasteiger partial charge in [-0.15, -0.1) is 0 Å². The SMILES string of the molecule is Cc1cc(C)c(C(=O)O)c(C2CC2)n1. The van der Waals surface area contributed by atoms with Crippen molar-refractivity contribution in [3.63, 3.8) is 0 Å². The third kappa shape index (κ3) is 1.50. The number of pyridine rings is 1. The molecule has 1 aliphatic rings. The molecule has 1 fully saturated rings. The third-order valence-corrected chi connectivity index (χ3v) is 2.55. The molecule has 1 N–H and O–H groups in total. The molecular formula is C11H13NO2. The third-order valence-electron chi connectivity index (χ3n) is 2.55. The van der Waals surface area contributed by atoms with E-state index in [4.69, 9.17) is 5.11 Å². The summed E-state index contributed by atoms with van der Waals surface area (Å²) in [6, 6.07) is 1.83. The fourth-order valence-corrected chi connectivity index (χ4v) is 1.80. The first-order chi connectivity index (χ1) is 6.59. The quantitative estimate of drug-likeness (QED) is 0.780. The molecule has 0 radical (unpaired) electrons. The summed E-state index contributed by atoms with van der Waals surface area (Å²) in [5.74, 6) is -0.461. The van der Waals surface area contributed by atoms with Crippen molar-refractivity contribution in [2.24, 2.45) is 0 Å². The molecule has 3 heteroatoms. The number of aromatic nitrogens is 1.